The van der Waals surface area contributed by atoms with Gasteiger partial charge in [0.2, 0.25) is 0 Å². The summed E-state index contributed by atoms with van der Waals surface area (Å²) < 4.78 is 5.57. The molecule has 0 saturated heterocycles. The number of carbonyl (C=O) groups excluding carboxylic acids is 1. The van der Waals surface area contributed by atoms with Gasteiger partial charge in [-0.25, -0.2) is 0 Å². The van der Waals surface area contributed by atoms with E-state index in [0.717, 1.165) is 29.1 Å². The fraction of sp³-hybridized carbons (Fsp3) is 0.400. The Morgan fingerprint density at radius 3 is 2.79 bits per heavy atom. The van der Waals surface area contributed by atoms with Crippen LogP contribution < -0.4 is 5.32 Å². The fourth-order valence-electron chi connectivity index (χ4n) is 1.97. The lowest BCUT2D eigenvalue weighted by Gasteiger charge is -2.28. The molecule has 0 fully saturated rings. The van der Waals surface area contributed by atoms with Crippen molar-refractivity contribution in [2.75, 3.05) is 5.33 Å². The van der Waals surface area contributed by atoms with Crippen molar-refractivity contribution in [2.24, 2.45) is 0 Å². The smallest absolute Gasteiger partial charge is 0.287 e. The molecule has 3 nitrogen and oxygen atoms in total. The van der Waals surface area contributed by atoms with Gasteiger partial charge in [0.1, 0.15) is 5.58 Å². The molecule has 0 bridgehead atoms. The zero-order chi connectivity index (χ0) is 13.9. The number of fused-ring (bicyclic) bond motifs is 1. The molecule has 1 aromatic heterocycles. The maximum atomic E-state index is 12.2. The SMILES string of the molecule is CCC(C)(CCBr)NC(=O)c1cc2ccccc2o1. The van der Waals surface area contributed by atoms with E-state index in [4.69, 9.17) is 4.42 Å². The highest BCUT2D eigenvalue weighted by molar-refractivity contribution is 9.09. The van der Waals surface area contributed by atoms with Crippen molar-refractivity contribution >= 4 is 32.8 Å². The Kier molecular flexibility index (Phi) is 4.30. The number of rotatable bonds is 5. The number of benzene rings is 1. The van der Waals surface area contributed by atoms with Crippen molar-refractivity contribution in [3.05, 3.63) is 36.1 Å². The summed E-state index contributed by atoms with van der Waals surface area (Å²) in [5, 5.41) is 4.87. The van der Waals surface area contributed by atoms with E-state index in [1.807, 2.05) is 24.3 Å². The Bertz CT molecular complexity index is 545. The van der Waals surface area contributed by atoms with Gasteiger partial charge in [-0.15, -0.1) is 0 Å². The molecule has 0 spiro atoms. The summed E-state index contributed by atoms with van der Waals surface area (Å²) in [5.41, 5.74) is 0.533. The Labute approximate surface area is 121 Å². The molecular formula is C15H18BrNO2. The number of carbonyl (C=O) groups is 1. The second-order valence-corrected chi connectivity index (χ2v) is 5.75. The van der Waals surface area contributed by atoms with Crippen molar-refractivity contribution in [3.8, 4) is 0 Å². The molecule has 0 saturated carbocycles. The van der Waals surface area contributed by atoms with Gasteiger partial charge in [0.05, 0.1) is 0 Å². The molecule has 1 heterocycles. The molecule has 1 unspecified atom stereocenters. The quantitative estimate of drug-likeness (QED) is 0.841. The highest BCUT2D eigenvalue weighted by atomic mass is 79.9. The molecule has 1 atom stereocenters. The Hall–Kier alpha value is -1.29. The van der Waals surface area contributed by atoms with Gasteiger partial charge in [0.25, 0.3) is 5.91 Å². The standard InChI is InChI=1S/C15H18BrNO2/c1-3-15(2,8-9-16)17-14(18)13-10-11-6-4-5-7-12(11)19-13/h4-7,10H,3,8-9H2,1-2H3,(H,17,18). The molecule has 0 aliphatic carbocycles. The van der Waals surface area contributed by atoms with Crippen molar-refractivity contribution in [1.29, 1.82) is 0 Å². The third kappa shape index (κ3) is 3.18. The molecule has 19 heavy (non-hydrogen) atoms. The number of nitrogens with one attached hydrogen (secondary N) is 1. The number of para-hydroxylation sites is 1. The largest absolute Gasteiger partial charge is 0.451 e. The topological polar surface area (TPSA) is 42.2 Å². The summed E-state index contributed by atoms with van der Waals surface area (Å²) in [6.07, 6.45) is 1.76. The number of hydrogen-bond donors (Lipinski definition) is 1. The van der Waals surface area contributed by atoms with Crippen molar-refractivity contribution < 1.29 is 9.21 Å². The first-order valence-electron chi connectivity index (χ1n) is 6.45. The third-order valence-corrected chi connectivity index (χ3v) is 3.89. The van der Waals surface area contributed by atoms with Crippen LogP contribution in [-0.2, 0) is 0 Å². The molecule has 2 rings (SSSR count). The van der Waals surface area contributed by atoms with Gasteiger partial charge in [-0.3, -0.25) is 4.79 Å². The number of hydrogen-bond acceptors (Lipinski definition) is 2. The van der Waals surface area contributed by atoms with Crippen LogP contribution in [0, 0.1) is 0 Å². The highest BCUT2D eigenvalue weighted by Gasteiger charge is 2.25. The average Bonchev–Trinajstić information content (AvgIpc) is 2.83. The summed E-state index contributed by atoms with van der Waals surface area (Å²) >= 11 is 3.43. The molecule has 1 N–H and O–H groups in total. The molecule has 2 aromatic rings. The lowest BCUT2D eigenvalue weighted by Crippen LogP contribution is -2.45. The van der Waals surface area contributed by atoms with Crippen LogP contribution in [0.4, 0.5) is 0 Å². The molecule has 1 amide bonds. The number of alkyl halides is 1. The van der Waals surface area contributed by atoms with Gasteiger partial charge in [0, 0.05) is 16.3 Å². The molecule has 1 aromatic carbocycles. The summed E-state index contributed by atoms with van der Waals surface area (Å²) in [6.45, 7) is 4.12. The van der Waals surface area contributed by atoms with E-state index in [-0.39, 0.29) is 11.4 Å². The Balaban J connectivity index is 2.19. The second-order valence-electron chi connectivity index (χ2n) is 4.96. The van der Waals surface area contributed by atoms with Crippen LogP contribution in [0.25, 0.3) is 11.0 Å². The predicted octanol–water partition coefficient (Wildman–Crippen LogP) is 4.12. The zero-order valence-electron chi connectivity index (χ0n) is 11.2. The first kappa shape index (κ1) is 14.1. The molecule has 0 aliphatic heterocycles. The van der Waals surface area contributed by atoms with Crippen LogP contribution >= 0.6 is 15.9 Å². The van der Waals surface area contributed by atoms with Gasteiger partial charge >= 0.3 is 0 Å². The van der Waals surface area contributed by atoms with Crippen LogP contribution in [0.2, 0.25) is 0 Å². The minimum absolute atomic E-state index is 0.151. The minimum atomic E-state index is -0.209. The highest BCUT2D eigenvalue weighted by Crippen LogP contribution is 2.21. The Morgan fingerprint density at radius 2 is 2.16 bits per heavy atom. The molecule has 0 radical (unpaired) electrons. The number of furan rings is 1. The van der Waals surface area contributed by atoms with Crippen LogP contribution in [0.5, 0.6) is 0 Å². The van der Waals surface area contributed by atoms with E-state index in [9.17, 15) is 4.79 Å². The first-order valence-corrected chi connectivity index (χ1v) is 7.57. The molecule has 102 valence electrons. The Morgan fingerprint density at radius 1 is 1.42 bits per heavy atom. The van der Waals surface area contributed by atoms with Crippen molar-refractivity contribution in [2.45, 2.75) is 32.2 Å². The van der Waals surface area contributed by atoms with Crippen molar-refractivity contribution in [1.82, 2.24) is 5.32 Å². The maximum absolute atomic E-state index is 12.2. The van der Waals surface area contributed by atoms with E-state index in [2.05, 4.69) is 35.1 Å². The van der Waals surface area contributed by atoms with E-state index >= 15 is 0 Å². The van der Waals surface area contributed by atoms with E-state index in [1.165, 1.54) is 0 Å². The monoisotopic (exact) mass is 323 g/mol. The van der Waals surface area contributed by atoms with Gasteiger partial charge in [-0.1, -0.05) is 41.1 Å². The van der Waals surface area contributed by atoms with E-state index in [1.54, 1.807) is 6.07 Å². The van der Waals surface area contributed by atoms with Gasteiger partial charge in [-0.05, 0) is 31.9 Å². The normalized spacial score (nSPS) is 14.3. The minimum Gasteiger partial charge on any atom is -0.451 e. The summed E-state index contributed by atoms with van der Waals surface area (Å²) in [4.78, 5) is 12.2. The van der Waals surface area contributed by atoms with Crippen molar-refractivity contribution in [3.63, 3.8) is 0 Å². The van der Waals surface area contributed by atoms with Gasteiger partial charge in [0.15, 0.2) is 5.76 Å². The zero-order valence-corrected chi connectivity index (χ0v) is 12.8. The first-order chi connectivity index (χ1) is 9.08. The van der Waals surface area contributed by atoms with Gasteiger partial charge < -0.3 is 9.73 Å². The number of amides is 1. The van der Waals surface area contributed by atoms with Gasteiger partial charge in [-0.2, -0.15) is 0 Å². The van der Waals surface area contributed by atoms with Crippen LogP contribution in [0.1, 0.15) is 37.2 Å². The molecular weight excluding hydrogens is 306 g/mol. The summed E-state index contributed by atoms with van der Waals surface area (Å²) in [7, 11) is 0. The third-order valence-electron chi connectivity index (χ3n) is 3.49. The molecule has 0 aliphatic rings. The number of halogens is 1. The van der Waals surface area contributed by atoms with Crippen LogP contribution in [-0.4, -0.2) is 16.8 Å². The van der Waals surface area contributed by atoms with Crippen LogP contribution in [0.15, 0.2) is 34.7 Å². The van der Waals surface area contributed by atoms with E-state index in [0.29, 0.717) is 5.76 Å². The fourth-order valence-corrected chi connectivity index (χ4v) is 2.84. The predicted molar refractivity (Wildman–Crippen MR) is 80.8 cm³/mol. The lowest BCUT2D eigenvalue weighted by molar-refractivity contribution is 0.0875. The van der Waals surface area contributed by atoms with Crippen LogP contribution in [0.3, 0.4) is 0 Å². The average molecular weight is 324 g/mol. The molecule has 4 heteroatoms. The summed E-state index contributed by atoms with van der Waals surface area (Å²) in [5.74, 6) is 0.219. The maximum Gasteiger partial charge on any atom is 0.287 e. The van der Waals surface area contributed by atoms with E-state index < -0.39 is 0 Å². The summed E-state index contributed by atoms with van der Waals surface area (Å²) in [6, 6.07) is 9.42. The second kappa shape index (κ2) is 5.78. The lowest BCUT2D eigenvalue weighted by atomic mass is 9.95.